The highest BCUT2D eigenvalue weighted by Crippen LogP contribution is 2.26. The molecule has 1 N–H and O–H groups in total. The Morgan fingerprint density at radius 1 is 1.21 bits per heavy atom. The summed E-state index contributed by atoms with van der Waals surface area (Å²) in [6.07, 6.45) is 6.80. The van der Waals surface area contributed by atoms with Gasteiger partial charge in [-0.15, -0.1) is 0 Å². The van der Waals surface area contributed by atoms with Crippen LogP contribution in [0.2, 0.25) is 0 Å². The molecule has 2 aromatic rings. The number of benzene rings is 1. The maximum absolute atomic E-state index is 12.4. The highest BCUT2D eigenvalue weighted by molar-refractivity contribution is 5.98. The van der Waals surface area contributed by atoms with Gasteiger partial charge in [0, 0.05) is 12.1 Å². The standard InChI is InChI=1S/C20H25NO3/c1-15-7-5-6-10-18(15)23-14-12-21-20(22)19-17(11-13-24-19)16-8-3-2-4-9-16/h2-4,8-9,11,13,15,18H,5-7,10,12,14H2,1H3,(H,21,22)/t15-,18+/m1/s1. The van der Waals surface area contributed by atoms with Gasteiger partial charge in [0.25, 0.3) is 5.91 Å². The number of furan rings is 1. The summed E-state index contributed by atoms with van der Waals surface area (Å²) in [5.74, 6) is 0.774. The van der Waals surface area contributed by atoms with E-state index >= 15 is 0 Å². The summed E-state index contributed by atoms with van der Waals surface area (Å²) in [5, 5.41) is 2.89. The second-order valence-corrected chi connectivity index (χ2v) is 6.46. The Kier molecular flexibility index (Phi) is 5.70. The van der Waals surface area contributed by atoms with Crippen molar-refractivity contribution in [2.24, 2.45) is 5.92 Å². The van der Waals surface area contributed by atoms with Crippen LogP contribution in [0.3, 0.4) is 0 Å². The molecule has 1 aromatic heterocycles. The number of rotatable bonds is 6. The highest BCUT2D eigenvalue weighted by atomic mass is 16.5. The van der Waals surface area contributed by atoms with Crippen molar-refractivity contribution in [1.82, 2.24) is 5.32 Å². The molecule has 128 valence electrons. The Balaban J connectivity index is 1.50. The van der Waals surface area contributed by atoms with Crippen molar-refractivity contribution >= 4 is 5.91 Å². The molecule has 4 nitrogen and oxygen atoms in total. The Labute approximate surface area is 143 Å². The van der Waals surface area contributed by atoms with E-state index in [1.807, 2.05) is 36.4 Å². The largest absolute Gasteiger partial charge is 0.459 e. The first-order valence-corrected chi connectivity index (χ1v) is 8.78. The first-order valence-electron chi connectivity index (χ1n) is 8.78. The van der Waals surface area contributed by atoms with Crippen LogP contribution in [0, 0.1) is 5.92 Å². The van der Waals surface area contributed by atoms with Gasteiger partial charge in [0.1, 0.15) is 0 Å². The molecule has 1 amide bonds. The zero-order valence-electron chi connectivity index (χ0n) is 14.2. The van der Waals surface area contributed by atoms with Crippen molar-refractivity contribution in [3.8, 4) is 11.1 Å². The summed E-state index contributed by atoms with van der Waals surface area (Å²) >= 11 is 0. The van der Waals surface area contributed by atoms with Crippen molar-refractivity contribution < 1.29 is 13.9 Å². The molecule has 0 saturated heterocycles. The smallest absolute Gasteiger partial charge is 0.287 e. The Hall–Kier alpha value is -2.07. The van der Waals surface area contributed by atoms with Crippen LogP contribution in [0.4, 0.5) is 0 Å². The van der Waals surface area contributed by atoms with E-state index in [2.05, 4.69) is 12.2 Å². The van der Waals surface area contributed by atoms with E-state index in [9.17, 15) is 4.79 Å². The van der Waals surface area contributed by atoms with Gasteiger partial charge in [-0.1, -0.05) is 50.1 Å². The average Bonchev–Trinajstić information content (AvgIpc) is 3.10. The van der Waals surface area contributed by atoms with Crippen LogP contribution in [0.25, 0.3) is 11.1 Å². The highest BCUT2D eigenvalue weighted by Gasteiger charge is 2.22. The Bertz CT molecular complexity index is 650. The second kappa shape index (κ2) is 8.15. The van der Waals surface area contributed by atoms with E-state index in [-0.39, 0.29) is 5.91 Å². The van der Waals surface area contributed by atoms with E-state index < -0.39 is 0 Å². The van der Waals surface area contributed by atoms with Gasteiger partial charge in [-0.2, -0.15) is 0 Å². The van der Waals surface area contributed by atoms with E-state index in [4.69, 9.17) is 9.15 Å². The lowest BCUT2D eigenvalue weighted by Gasteiger charge is -2.28. The molecule has 0 radical (unpaired) electrons. The number of hydrogen-bond donors (Lipinski definition) is 1. The van der Waals surface area contributed by atoms with E-state index in [0.29, 0.717) is 30.9 Å². The molecule has 0 bridgehead atoms. The monoisotopic (exact) mass is 327 g/mol. The fourth-order valence-corrected chi connectivity index (χ4v) is 3.32. The van der Waals surface area contributed by atoms with Crippen LogP contribution in [0.15, 0.2) is 47.1 Å². The van der Waals surface area contributed by atoms with Crippen LogP contribution in [-0.4, -0.2) is 25.2 Å². The van der Waals surface area contributed by atoms with Gasteiger partial charge < -0.3 is 14.5 Å². The first kappa shape index (κ1) is 16.8. The van der Waals surface area contributed by atoms with Crippen molar-refractivity contribution in [2.75, 3.05) is 13.2 Å². The lowest BCUT2D eigenvalue weighted by Crippen LogP contribution is -2.31. The second-order valence-electron chi connectivity index (χ2n) is 6.46. The molecule has 1 aromatic carbocycles. The van der Waals surface area contributed by atoms with Crippen LogP contribution in [0.1, 0.15) is 43.2 Å². The van der Waals surface area contributed by atoms with Gasteiger partial charge in [-0.25, -0.2) is 0 Å². The van der Waals surface area contributed by atoms with Crippen LogP contribution in [-0.2, 0) is 4.74 Å². The SMILES string of the molecule is C[C@@H]1CCCC[C@@H]1OCCNC(=O)c1occc1-c1ccccc1. The molecular formula is C20H25NO3. The van der Waals surface area contributed by atoms with Crippen molar-refractivity contribution in [1.29, 1.82) is 0 Å². The first-order chi connectivity index (χ1) is 11.8. The molecule has 1 fully saturated rings. The zero-order valence-corrected chi connectivity index (χ0v) is 14.2. The quantitative estimate of drug-likeness (QED) is 0.806. The van der Waals surface area contributed by atoms with Gasteiger partial charge in [0.2, 0.25) is 0 Å². The van der Waals surface area contributed by atoms with E-state index in [1.165, 1.54) is 19.3 Å². The summed E-state index contributed by atoms with van der Waals surface area (Å²) in [5.41, 5.74) is 1.79. The van der Waals surface area contributed by atoms with Crippen molar-refractivity contribution in [2.45, 2.75) is 38.7 Å². The summed E-state index contributed by atoms with van der Waals surface area (Å²) in [6, 6.07) is 11.6. The lowest BCUT2D eigenvalue weighted by molar-refractivity contribution is -0.00300. The molecule has 4 heteroatoms. The molecule has 0 aliphatic heterocycles. The minimum Gasteiger partial charge on any atom is -0.459 e. The minimum atomic E-state index is -0.195. The van der Waals surface area contributed by atoms with Crippen LogP contribution in [0.5, 0.6) is 0 Å². The van der Waals surface area contributed by atoms with E-state index in [0.717, 1.165) is 17.5 Å². The summed E-state index contributed by atoms with van der Waals surface area (Å²) in [6.45, 7) is 3.29. The maximum Gasteiger partial charge on any atom is 0.287 e. The summed E-state index contributed by atoms with van der Waals surface area (Å²) in [4.78, 5) is 12.4. The Morgan fingerprint density at radius 2 is 2.00 bits per heavy atom. The lowest BCUT2D eigenvalue weighted by atomic mass is 9.88. The molecule has 1 saturated carbocycles. The molecule has 1 aliphatic carbocycles. The van der Waals surface area contributed by atoms with Gasteiger partial charge in [0.05, 0.1) is 19.0 Å². The third-order valence-corrected chi connectivity index (χ3v) is 4.71. The normalized spacial score (nSPS) is 20.7. The van der Waals surface area contributed by atoms with Crippen LogP contribution >= 0.6 is 0 Å². The molecule has 24 heavy (non-hydrogen) atoms. The van der Waals surface area contributed by atoms with E-state index in [1.54, 1.807) is 6.26 Å². The molecule has 2 atom stereocenters. The molecular weight excluding hydrogens is 302 g/mol. The van der Waals surface area contributed by atoms with Gasteiger partial charge in [0.15, 0.2) is 5.76 Å². The Morgan fingerprint density at radius 3 is 2.79 bits per heavy atom. The maximum atomic E-state index is 12.4. The zero-order chi connectivity index (χ0) is 16.8. The number of nitrogens with one attached hydrogen (secondary N) is 1. The van der Waals surface area contributed by atoms with Gasteiger partial charge in [-0.3, -0.25) is 4.79 Å². The molecule has 1 aliphatic rings. The fourth-order valence-electron chi connectivity index (χ4n) is 3.32. The number of ether oxygens (including phenoxy) is 1. The predicted molar refractivity (Wildman–Crippen MR) is 93.8 cm³/mol. The van der Waals surface area contributed by atoms with Gasteiger partial charge >= 0.3 is 0 Å². The molecule has 0 unspecified atom stereocenters. The molecule has 1 heterocycles. The third kappa shape index (κ3) is 4.06. The average molecular weight is 327 g/mol. The van der Waals surface area contributed by atoms with Crippen LogP contribution < -0.4 is 5.32 Å². The minimum absolute atomic E-state index is 0.195. The van der Waals surface area contributed by atoms with Crippen molar-refractivity contribution in [3.05, 3.63) is 48.4 Å². The third-order valence-electron chi connectivity index (χ3n) is 4.71. The number of amides is 1. The fraction of sp³-hybridized carbons (Fsp3) is 0.450. The summed E-state index contributed by atoms with van der Waals surface area (Å²) < 4.78 is 11.3. The number of carbonyl (C=O) groups excluding carboxylic acids is 1. The topological polar surface area (TPSA) is 51.5 Å². The molecule has 0 spiro atoms. The van der Waals surface area contributed by atoms with Gasteiger partial charge in [-0.05, 0) is 30.4 Å². The predicted octanol–water partition coefficient (Wildman–Crippen LogP) is 4.27. The number of hydrogen-bond acceptors (Lipinski definition) is 3. The van der Waals surface area contributed by atoms with Crippen molar-refractivity contribution in [3.63, 3.8) is 0 Å². The summed E-state index contributed by atoms with van der Waals surface area (Å²) in [7, 11) is 0. The number of carbonyl (C=O) groups is 1. The molecule has 3 rings (SSSR count).